The van der Waals surface area contributed by atoms with Crippen molar-refractivity contribution in [2.75, 3.05) is 37.7 Å². The largest absolute Gasteiger partial charge is 0.390 e. The number of aryl methyl sites for hydroxylation is 1. The van der Waals surface area contributed by atoms with Crippen LogP contribution in [0.5, 0.6) is 0 Å². The molecule has 1 aromatic rings. The monoisotopic (exact) mass is 374 g/mol. The van der Waals surface area contributed by atoms with Crippen LogP contribution in [0.25, 0.3) is 0 Å². The first-order chi connectivity index (χ1) is 11.2. The van der Waals surface area contributed by atoms with Gasteiger partial charge in [-0.3, -0.25) is 4.90 Å². The zero-order valence-electron chi connectivity index (χ0n) is 13.5. The third-order valence-electron chi connectivity index (χ3n) is 4.69. The summed E-state index contributed by atoms with van der Waals surface area (Å²) in [5.41, 5.74) is 0.996. The molecule has 0 bridgehead atoms. The average molecular weight is 374 g/mol. The molecular formula is C15H22N2O5S2. The van der Waals surface area contributed by atoms with Crippen molar-refractivity contribution >= 4 is 19.9 Å². The Bertz CT molecular complexity index is 797. The molecule has 1 aromatic carbocycles. The highest BCUT2D eigenvalue weighted by molar-refractivity contribution is 7.91. The van der Waals surface area contributed by atoms with Crippen molar-refractivity contribution in [3.05, 3.63) is 29.8 Å². The van der Waals surface area contributed by atoms with E-state index in [-0.39, 0.29) is 16.4 Å². The lowest BCUT2D eigenvalue weighted by molar-refractivity contribution is 0.0618. The maximum absolute atomic E-state index is 12.7. The summed E-state index contributed by atoms with van der Waals surface area (Å²) in [4.78, 5) is 2.15. The van der Waals surface area contributed by atoms with Crippen molar-refractivity contribution < 1.29 is 21.9 Å². The Morgan fingerprint density at radius 1 is 1.04 bits per heavy atom. The maximum atomic E-state index is 12.7. The van der Waals surface area contributed by atoms with E-state index in [1.165, 1.54) is 4.31 Å². The van der Waals surface area contributed by atoms with E-state index in [1.807, 2.05) is 11.8 Å². The number of aliphatic hydroxyl groups is 1. The quantitative estimate of drug-likeness (QED) is 0.764. The lowest BCUT2D eigenvalue weighted by atomic mass is 10.1. The molecule has 0 spiro atoms. The van der Waals surface area contributed by atoms with Gasteiger partial charge in [0.05, 0.1) is 28.5 Å². The zero-order valence-corrected chi connectivity index (χ0v) is 15.1. The van der Waals surface area contributed by atoms with E-state index in [0.29, 0.717) is 26.2 Å². The topological polar surface area (TPSA) is 95.0 Å². The van der Waals surface area contributed by atoms with Gasteiger partial charge in [-0.1, -0.05) is 17.7 Å². The Hall–Kier alpha value is -1.00. The summed E-state index contributed by atoms with van der Waals surface area (Å²) >= 11 is 0. The molecule has 2 atom stereocenters. The van der Waals surface area contributed by atoms with Crippen LogP contribution >= 0.6 is 0 Å². The van der Waals surface area contributed by atoms with Crippen LogP contribution in [0.3, 0.4) is 0 Å². The van der Waals surface area contributed by atoms with Crippen molar-refractivity contribution in [1.29, 1.82) is 0 Å². The standard InChI is InChI=1S/C15H22N2O5S2/c1-12-2-4-13(5-3-12)24(21,22)17-8-6-16(7-9-17)14-10-23(19,20)11-15(14)18/h2-5,14-15,18H,6-11H2,1H3/t14-,15-/m1/s1. The molecule has 2 heterocycles. The minimum absolute atomic E-state index is 0.0567. The van der Waals surface area contributed by atoms with E-state index in [0.717, 1.165) is 5.56 Å². The lowest BCUT2D eigenvalue weighted by Gasteiger charge is -2.37. The average Bonchev–Trinajstić information content (AvgIpc) is 2.81. The van der Waals surface area contributed by atoms with Gasteiger partial charge >= 0.3 is 0 Å². The number of sulfone groups is 1. The molecule has 0 saturated carbocycles. The summed E-state index contributed by atoms with van der Waals surface area (Å²) in [6, 6.07) is 6.31. The van der Waals surface area contributed by atoms with Gasteiger partial charge in [0.25, 0.3) is 0 Å². The van der Waals surface area contributed by atoms with Gasteiger partial charge in [0.2, 0.25) is 10.0 Å². The second-order valence-corrected chi connectivity index (χ2v) is 10.6. The summed E-state index contributed by atoms with van der Waals surface area (Å²) in [5.74, 6) is -0.265. The van der Waals surface area contributed by atoms with Crippen molar-refractivity contribution in [1.82, 2.24) is 9.21 Å². The van der Waals surface area contributed by atoms with Crippen LogP contribution in [0.1, 0.15) is 5.56 Å². The second kappa shape index (κ2) is 6.38. The van der Waals surface area contributed by atoms with Gasteiger partial charge in [0.1, 0.15) is 0 Å². The number of hydrogen-bond acceptors (Lipinski definition) is 6. The Labute approximate surface area is 142 Å². The summed E-state index contributed by atoms with van der Waals surface area (Å²) in [7, 11) is -6.74. The van der Waals surface area contributed by atoms with Crippen LogP contribution < -0.4 is 0 Å². The molecule has 3 rings (SSSR count). The van der Waals surface area contributed by atoms with E-state index in [9.17, 15) is 21.9 Å². The van der Waals surface area contributed by atoms with Crippen molar-refractivity contribution in [3.8, 4) is 0 Å². The van der Waals surface area contributed by atoms with Crippen molar-refractivity contribution in [3.63, 3.8) is 0 Å². The van der Waals surface area contributed by atoms with Crippen molar-refractivity contribution in [2.24, 2.45) is 0 Å². The molecule has 2 aliphatic heterocycles. The SMILES string of the molecule is Cc1ccc(S(=O)(=O)N2CCN([C@@H]3CS(=O)(=O)C[C@H]3O)CC2)cc1. The first-order valence-corrected chi connectivity index (χ1v) is 11.1. The number of hydrogen-bond donors (Lipinski definition) is 1. The molecule has 0 unspecified atom stereocenters. The van der Waals surface area contributed by atoms with Crippen LogP contribution in [0.4, 0.5) is 0 Å². The molecule has 2 fully saturated rings. The third-order valence-corrected chi connectivity index (χ3v) is 8.31. The third kappa shape index (κ3) is 3.50. The van der Waals surface area contributed by atoms with E-state index in [2.05, 4.69) is 0 Å². The molecule has 1 N–H and O–H groups in total. The predicted octanol–water partition coefficient (Wildman–Crippen LogP) is -0.541. The first-order valence-electron chi connectivity index (χ1n) is 7.88. The fourth-order valence-electron chi connectivity index (χ4n) is 3.29. The molecule has 134 valence electrons. The summed E-state index contributed by atoms with van der Waals surface area (Å²) in [5, 5.41) is 9.95. The fourth-order valence-corrected chi connectivity index (χ4v) is 6.55. The van der Waals surface area contributed by atoms with Crippen LogP contribution in [-0.4, -0.2) is 81.0 Å². The highest BCUT2D eigenvalue weighted by Gasteiger charge is 2.41. The number of benzene rings is 1. The Morgan fingerprint density at radius 2 is 1.62 bits per heavy atom. The zero-order chi connectivity index (χ0) is 17.5. The maximum Gasteiger partial charge on any atom is 0.243 e. The highest BCUT2D eigenvalue weighted by Crippen LogP contribution is 2.23. The Balaban J connectivity index is 1.68. The molecular weight excluding hydrogens is 352 g/mol. The normalized spacial score (nSPS) is 28.9. The van der Waals surface area contributed by atoms with E-state index < -0.39 is 32.0 Å². The smallest absolute Gasteiger partial charge is 0.243 e. The molecule has 0 amide bonds. The van der Waals surface area contributed by atoms with Gasteiger partial charge in [-0.15, -0.1) is 0 Å². The van der Waals surface area contributed by atoms with Gasteiger partial charge in [0, 0.05) is 26.2 Å². The van der Waals surface area contributed by atoms with E-state index in [4.69, 9.17) is 0 Å². The van der Waals surface area contributed by atoms with E-state index in [1.54, 1.807) is 24.3 Å². The number of aliphatic hydroxyl groups excluding tert-OH is 1. The molecule has 0 aromatic heterocycles. The van der Waals surface area contributed by atoms with Crippen molar-refractivity contribution in [2.45, 2.75) is 24.0 Å². The van der Waals surface area contributed by atoms with Crippen LogP contribution in [0.2, 0.25) is 0 Å². The molecule has 2 aliphatic rings. The molecule has 0 aliphatic carbocycles. The van der Waals surface area contributed by atoms with Gasteiger partial charge in [-0.25, -0.2) is 16.8 Å². The molecule has 2 saturated heterocycles. The number of piperazine rings is 1. The molecule has 7 nitrogen and oxygen atoms in total. The second-order valence-electron chi connectivity index (χ2n) is 6.46. The van der Waals surface area contributed by atoms with Gasteiger partial charge in [-0.05, 0) is 19.1 Å². The van der Waals surface area contributed by atoms with Crippen LogP contribution in [0.15, 0.2) is 29.2 Å². The van der Waals surface area contributed by atoms with E-state index >= 15 is 0 Å². The van der Waals surface area contributed by atoms with Crippen LogP contribution in [0, 0.1) is 6.92 Å². The lowest BCUT2D eigenvalue weighted by Crippen LogP contribution is -2.54. The fraction of sp³-hybridized carbons (Fsp3) is 0.600. The van der Waals surface area contributed by atoms with Gasteiger partial charge in [0.15, 0.2) is 9.84 Å². The first kappa shape index (κ1) is 17.8. The number of rotatable bonds is 3. The molecule has 24 heavy (non-hydrogen) atoms. The van der Waals surface area contributed by atoms with Crippen LogP contribution in [-0.2, 0) is 19.9 Å². The predicted molar refractivity (Wildman–Crippen MR) is 90.0 cm³/mol. The molecule has 0 radical (unpaired) electrons. The van der Waals surface area contributed by atoms with Gasteiger partial charge < -0.3 is 5.11 Å². The Kier molecular flexibility index (Phi) is 4.73. The minimum atomic E-state index is -3.54. The summed E-state index contributed by atoms with van der Waals surface area (Å²) < 4.78 is 50.0. The number of sulfonamides is 1. The highest BCUT2D eigenvalue weighted by atomic mass is 32.2. The minimum Gasteiger partial charge on any atom is -0.390 e. The summed E-state index contributed by atoms with van der Waals surface area (Å²) in [6.45, 7) is 3.32. The summed E-state index contributed by atoms with van der Waals surface area (Å²) in [6.07, 6.45) is -0.893. The number of nitrogens with zero attached hydrogens (tertiary/aromatic N) is 2. The Morgan fingerprint density at radius 3 is 2.12 bits per heavy atom. The van der Waals surface area contributed by atoms with Gasteiger partial charge in [-0.2, -0.15) is 4.31 Å². The molecule has 9 heteroatoms.